The number of anilines is 2. The molecular weight excluding hydrogens is 312 g/mol. The second kappa shape index (κ2) is 5.49. The van der Waals surface area contributed by atoms with Crippen molar-refractivity contribution in [1.29, 1.82) is 0 Å². The Bertz CT molecular complexity index is 721. The second-order valence-electron chi connectivity index (χ2n) is 6.23. The number of hydrogen-bond donors (Lipinski definition) is 0. The van der Waals surface area contributed by atoms with E-state index in [1.165, 1.54) is 6.33 Å². The molecule has 0 radical (unpaired) electrons. The predicted molar refractivity (Wildman–Crippen MR) is 89.1 cm³/mol. The minimum atomic E-state index is 0.0250. The van der Waals surface area contributed by atoms with Gasteiger partial charge < -0.3 is 14.5 Å². The van der Waals surface area contributed by atoms with Gasteiger partial charge in [0.05, 0.1) is 12.8 Å². The molecule has 1 unspecified atom stereocenters. The van der Waals surface area contributed by atoms with E-state index in [-0.39, 0.29) is 11.3 Å². The van der Waals surface area contributed by atoms with Gasteiger partial charge in [0, 0.05) is 42.9 Å². The molecule has 1 spiro atoms. The lowest BCUT2D eigenvalue weighted by molar-refractivity contribution is -0.117. The molecule has 0 aromatic carbocycles. The summed E-state index contributed by atoms with van der Waals surface area (Å²) in [6.45, 7) is 2.55. The highest BCUT2D eigenvalue weighted by molar-refractivity contribution is 7.08. The highest BCUT2D eigenvalue weighted by Crippen LogP contribution is 2.43. The Morgan fingerprint density at radius 1 is 1.35 bits per heavy atom. The number of amides is 1. The van der Waals surface area contributed by atoms with Crippen LogP contribution in [0.15, 0.2) is 29.2 Å². The Kier molecular flexibility index (Phi) is 3.45. The van der Waals surface area contributed by atoms with Crippen LogP contribution < -0.4 is 14.5 Å². The van der Waals surface area contributed by atoms with Crippen LogP contribution in [0.3, 0.4) is 0 Å². The van der Waals surface area contributed by atoms with Crippen LogP contribution in [0.25, 0.3) is 0 Å². The average Bonchev–Trinajstić information content (AvgIpc) is 3.29. The number of aromatic nitrogens is 2. The first kappa shape index (κ1) is 14.4. The molecule has 2 aliphatic rings. The Labute approximate surface area is 138 Å². The van der Waals surface area contributed by atoms with E-state index in [4.69, 9.17) is 4.74 Å². The van der Waals surface area contributed by atoms with Gasteiger partial charge in [-0.3, -0.25) is 4.79 Å². The molecule has 2 fully saturated rings. The highest BCUT2D eigenvalue weighted by Gasteiger charge is 2.48. The van der Waals surface area contributed by atoms with Gasteiger partial charge in [-0.2, -0.15) is 11.3 Å². The Balaban J connectivity index is 1.53. The molecule has 0 bridgehead atoms. The number of hydrogen-bond acceptors (Lipinski definition) is 6. The molecule has 23 heavy (non-hydrogen) atoms. The number of ether oxygens (including phenoxy) is 1. The molecular formula is C16H18N4O2S. The monoisotopic (exact) mass is 330 g/mol. The molecule has 2 aromatic rings. The molecule has 1 atom stereocenters. The van der Waals surface area contributed by atoms with E-state index >= 15 is 0 Å². The normalized spacial score (nSPS) is 24.0. The lowest BCUT2D eigenvalue weighted by Gasteiger charge is -2.24. The van der Waals surface area contributed by atoms with Gasteiger partial charge in [-0.05, 0) is 17.9 Å². The van der Waals surface area contributed by atoms with E-state index in [0.29, 0.717) is 12.3 Å². The smallest absolute Gasteiger partial charge is 0.227 e. The van der Waals surface area contributed by atoms with Gasteiger partial charge in [-0.1, -0.05) is 0 Å². The van der Waals surface area contributed by atoms with Crippen LogP contribution in [0, 0.1) is 5.41 Å². The van der Waals surface area contributed by atoms with Crippen LogP contribution >= 0.6 is 11.3 Å². The largest absolute Gasteiger partial charge is 0.481 e. The van der Waals surface area contributed by atoms with Crippen LogP contribution in [0.5, 0.6) is 5.88 Å². The summed E-state index contributed by atoms with van der Waals surface area (Å²) in [6.07, 6.45) is 3.14. The summed E-state index contributed by atoms with van der Waals surface area (Å²) in [5, 5.41) is 4.06. The third-order valence-electron chi connectivity index (χ3n) is 4.74. The average molecular weight is 330 g/mol. The summed E-state index contributed by atoms with van der Waals surface area (Å²) < 4.78 is 5.18. The summed E-state index contributed by atoms with van der Waals surface area (Å²) in [4.78, 5) is 25.0. The summed E-state index contributed by atoms with van der Waals surface area (Å²) in [5.41, 5.74) is 1.05. The molecule has 2 saturated heterocycles. The van der Waals surface area contributed by atoms with Crippen molar-refractivity contribution in [3.05, 3.63) is 29.2 Å². The van der Waals surface area contributed by atoms with E-state index in [1.807, 2.05) is 27.8 Å². The maximum absolute atomic E-state index is 12.4. The molecule has 6 nitrogen and oxygen atoms in total. The van der Waals surface area contributed by atoms with Crippen LogP contribution in [-0.4, -0.2) is 42.6 Å². The van der Waals surface area contributed by atoms with Gasteiger partial charge in [0.25, 0.3) is 0 Å². The zero-order chi connectivity index (χ0) is 15.9. The van der Waals surface area contributed by atoms with Crippen molar-refractivity contribution in [3.63, 3.8) is 0 Å². The standard InChI is InChI=1S/C16H18N4O2S/c1-22-14-6-13(17-11-18-14)19-4-3-16(9-19)7-15(21)20(10-16)12-2-5-23-8-12/h2,5-6,8,11H,3-4,7,9-10H2,1H3. The number of carbonyl (C=O) groups is 1. The lowest BCUT2D eigenvalue weighted by Crippen LogP contribution is -2.31. The van der Waals surface area contributed by atoms with Gasteiger partial charge in [-0.25, -0.2) is 9.97 Å². The second-order valence-corrected chi connectivity index (χ2v) is 7.01. The van der Waals surface area contributed by atoms with Crippen molar-refractivity contribution in [2.45, 2.75) is 12.8 Å². The molecule has 4 rings (SSSR count). The van der Waals surface area contributed by atoms with E-state index in [1.54, 1.807) is 18.4 Å². The molecule has 120 valence electrons. The third-order valence-corrected chi connectivity index (χ3v) is 5.41. The number of carbonyl (C=O) groups excluding carboxylic acids is 1. The van der Waals surface area contributed by atoms with Crippen LogP contribution in [0.4, 0.5) is 11.5 Å². The third kappa shape index (κ3) is 2.55. The zero-order valence-electron chi connectivity index (χ0n) is 12.9. The van der Waals surface area contributed by atoms with Crippen molar-refractivity contribution in [1.82, 2.24) is 9.97 Å². The van der Waals surface area contributed by atoms with Crippen molar-refractivity contribution in [2.75, 3.05) is 36.5 Å². The maximum atomic E-state index is 12.4. The van der Waals surface area contributed by atoms with Crippen LogP contribution in [-0.2, 0) is 4.79 Å². The SMILES string of the molecule is COc1cc(N2CCC3(CC(=O)N(c4ccsc4)C3)C2)ncn1. The van der Waals surface area contributed by atoms with Gasteiger partial charge in [0.1, 0.15) is 12.1 Å². The molecule has 1 amide bonds. The quantitative estimate of drug-likeness (QED) is 0.863. The maximum Gasteiger partial charge on any atom is 0.227 e. The molecule has 2 aliphatic heterocycles. The van der Waals surface area contributed by atoms with Crippen LogP contribution in [0.2, 0.25) is 0 Å². The number of methoxy groups -OCH3 is 1. The van der Waals surface area contributed by atoms with E-state index < -0.39 is 0 Å². The summed E-state index contributed by atoms with van der Waals surface area (Å²) in [5.74, 6) is 1.67. The topological polar surface area (TPSA) is 58.6 Å². The fourth-order valence-electron chi connectivity index (χ4n) is 3.56. The lowest BCUT2D eigenvalue weighted by atomic mass is 9.86. The van der Waals surface area contributed by atoms with E-state index in [2.05, 4.69) is 14.9 Å². The molecule has 0 N–H and O–H groups in total. The highest BCUT2D eigenvalue weighted by atomic mass is 32.1. The van der Waals surface area contributed by atoms with E-state index in [9.17, 15) is 4.79 Å². The summed E-state index contributed by atoms with van der Waals surface area (Å²) in [6, 6.07) is 3.87. The molecule has 7 heteroatoms. The predicted octanol–water partition coefficient (Wildman–Crippen LogP) is 2.18. The first-order valence-electron chi connectivity index (χ1n) is 7.63. The fraction of sp³-hybridized carbons (Fsp3) is 0.438. The van der Waals surface area contributed by atoms with Crippen molar-refractivity contribution < 1.29 is 9.53 Å². The van der Waals surface area contributed by atoms with Crippen molar-refractivity contribution in [3.8, 4) is 5.88 Å². The fourth-order valence-corrected chi connectivity index (χ4v) is 4.20. The van der Waals surface area contributed by atoms with Crippen molar-refractivity contribution >= 4 is 28.7 Å². The first-order chi connectivity index (χ1) is 11.2. The molecule has 0 saturated carbocycles. The molecule has 2 aromatic heterocycles. The van der Waals surface area contributed by atoms with Gasteiger partial charge in [0.2, 0.25) is 11.8 Å². The number of nitrogens with zero attached hydrogens (tertiary/aromatic N) is 4. The van der Waals surface area contributed by atoms with Gasteiger partial charge in [0.15, 0.2) is 0 Å². The van der Waals surface area contributed by atoms with Crippen molar-refractivity contribution in [2.24, 2.45) is 5.41 Å². The molecule has 0 aliphatic carbocycles. The Hall–Kier alpha value is -2.15. The van der Waals surface area contributed by atoms with Gasteiger partial charge in [-0.15, -0.1) is 0 Å². The summed E-state index contributed by atoms with van der Waals surface area (Å²) >= 11 is 1.63. The van der Waals surface area contributed by atoms with E-state index in [0.717, 1.165) is 37.6 Å². The minimum Gasteiger partial charge on any atom is -0.481 e. The molecule has 4 heterocycles. The Morgan fingerprint density at radius 2 is 2.26 bits per heavy atom. The van der Waals surface area contributed by atoms with Gasteiger partial charge >= 0.3 is 0 Å². The number of rotatable bonds is 3. The first-order valence-corrected chi connectivity index (χ1v) is 8.57. The summed E-state index contributed by atoms with van der Waals surface area (Å²) in [7, 11) is 1.60. The number of thiophene rings is 1. The Morgan fingerprint density at radius 3 is 3.04 bits per heavy atom. The zero-order valence-corrected chi connectivity index (χ0v) is 13.8. The van der Waals surface area contributed by atoms with Crippen LogP contribution in [0.1, 0.15) is 12.8 Å². The minimum absolute atomic E-state index is 0.0250.